The van der Waals surface area contributed by atoms with Crippen molar-refractivity contribution in [3.8, 4) is 6.07 Å². The second-order valence-electron chi connectivity index (χ2n) is 6.51. The topological polar surface area (TPSA) is 87.8 Å². The Morgan fingerprint density at radius 3 is 2.53 bits per heavy atom. The summed E-state index contributed by atoms with van der Waals surface area (Å²) in [5.74, 6) is -0.629. The zero-order valence-electron chi connectivity index (χ0n) is 15.8. The molecule has 0 fully saturated rings. The highest BCUT2D eigenvalue weighted by atomic mass is 32.2. The zero-order valence-corrected chi connectivity index (χ0v) is 16.6. The summed E-state index contributed by atoms with van der Waals surface area (Å²) in [5.41, 5.74) is -0.743. The number of nitrogens with zero attached hydrogens (tertiary/aromatic N) is 3. The zero-order chi connectivity index (χ0) is 22.3. The average Bonchev–Trinajstić information content (AvgIpc) is 3.05. The van der Waals surface area contributed by atoms with E-state index in [-0.39, 0.29) is 22.8 Å². The van der Waals surface area contributed by atoms with E-state index in [1.54, 1.807) is 13.0 Å². The minimum atomic E-state index is -4.52. The van der Waals surface area contributed by atoms with E-state index in [1.807, 2.05) is 0 Å². The van der Waals surface area contributed by atoms with E-state index >= 15 is 0 Å². The quantitative estimate of drug-likeness (QED) is 0.605. The van der Waals surface area contributed by atoms with Gasteiger partial charge in [-0.15, -0.1) is 0 Å². The molecular weight excluding hydrogens is 424 g/mol. The highest BCUT2D eigenvalue weighted by molar-refractivity contribution is 7.89. The molecule has 0 radical (unpaired) electrons. The molecule has 0 amide bonds. The molecule has 0 aliphatic heterocycles. The van der Waals surface area contributed by atoms with E-state index < -0.39 is 39.2 Å². The molecule has 2 aromatic carbocycles. The summed E-state index contributed by atoms with van der Waals surface area (Å²) >= 11 is 0. The number of nitrogens with one attached hydrogen (secondary N) is 1. The van der Waals surface area contributed by atoms with Gasteiger partial charge in [-0.25, -0.2) is 22.5 Å². The number of benzene rings is 2. The van der Waals surface area contributed by atoms with Gasteiger partial charge in [0.25, 0.3) is 0 Å². The number of fused-ring (bicyclic) bond motifs is 1. The average molecular weight is 440 g/mol. The second-order valence-corrected chi connectivity index (χ2v) is 8.23. The van der Waals surface area contributed by atoms with Gasteiger partial charge in [0.15, 0.2) is 0 Å². The largest absolute Gasteiger partial charge is 0.416 e. The predicted octanol–water partition coefficient (Wildman–Crippen LogP) is 4.13. The fraction of sp³-hybridized carbons (Fsp3) is 0.263. The molecule has 3 rings (SSSR count). The van der Waals surface area contributed by atoms with Crippen LogP contribution in [0.5, 0.6) is 0 Å². The van der Waals surface area contributed by atoms with E-state index in [0.717, 1.165) is 30.3 Å². The van der Waals surface area contributed by atoms with Gasteiger partial charge in [0, 0.05) is 6.54 Å². The summed E-state index contributed by atoms with van der Waals surface area (Å²) in [4.78, 5) is 3.97. The van der Waals surface area contributed by atoms with Crippen molar-refractivity contribution in [2.75, 3.05) is 0 Å². The molecule has 3 aromatic rings. The third-order valence-corrected chi connectivity index (χ3v) is 6.05. The SMILES string of the molecule is CCn1c(C(C)NS(=O)(=O)c2ccc(F)c(C#N)c2)nc2ccc(C(F)(F)F)cc21. The maximum atomic E-state index is 13.5. The van der Waals surface area contributed by atoms with E-state index in [1.165, 1.54) is 17.6 Å². The van der Waals surface area contributed by atoms with Gasteiger partial charge in [-0.3, -0.25) is 0 Å². The number of halogens is 4. The first-order valence-electron chi connectivity index (χ1n) is 8.77. The van der Waals surface area contributed by atoms with Crippen molar-refractivity contribution in [2.45, 2.75) is 37.5 Å². The third-order valence-electron chi connectivity index (χ3n) is 4.51. The van der Waals surface area contributed by atoms with Crippen LogP contribution in [0.15, 0.2) is 41.3 Å². The molecule has 158 valence electrons. The number of sulfonamides is 1. The van der Waals surface area contributed by atoms with E-state index in [4.69, 9.17) is 5.26 Å². The molecule has 0 aliphatic carbocycles. The smallest absolute Gasteiger partial charge is 0.327 e. The molecule has 11 heteroatoms. The van der Waals surface area contributed by atoms with Gasteiger partial charge in [-0.05, 0) is 50.2 Å². The number of aromatic nitrogens is 2. The van der Waals surface area contributed by atoms with Crippen LogP contribution in [0, 0.1) is 17.1 Å². The van der Waals surface area contributed by atoms with Gasteiger partial charge in [0.05, 0.1) is 33.1 Å². The molecule has 30 heavy (non-hydrogen) atoms. The Morgan fingerprint density at radius 1 is 1.23 bits per heavy atom. The summed E-state index contributed by atoms with van der Waals surface area (Å²) in [5, 5.41) is 8.90. The summed E-state index contributed by atoms with van der Waals surface area (Å²) < 4.78 is 81.8. The fourth-order valence-corrected chi connectivity index (χ4v) is 4.32. The lowest BCUT2D eigenvalue weighted by Crippen LogP contribution is -2.29. The molecule has 0 aliphatic rings. The van der Waals surface area contributed by atoms with Crippen LogP contribution in [0.4, 0.5) is 17.6 Å². The standard InChI is InChI=1S/C19H16F4N4O2S/c1-3-27-17-9-13(19(21,22)23)4-7-16(17)25-18(27)11(2)26-30(28,29)14-5-6-15(20)12(8-14)10-24/h4-9,11,26H,3H2,1-2H3. The first kappa shape index (κ1) is 21.7. The molecule has 0 bridgehead atoms. The molecule has 1 heterocycles. The molecule has 0 saturated carbocycles. The monoisotopic (exact) mass is 440 g/mol. The predicted molar refractivity (Wildman–Crippen MR) is 100 cm³/mol. The number of imidazole rings is 1. The van der Waals surface area contributed by atoms with Gasteiger partial charge in [0.2, 0.25) is 10.0 Å². The molecule has 1 unspecified atom stereocenters. The lowest BCUT2D eigenvalue weighted by molar-refractivity contribution is -0.137. The van der Waals surface area contributed by atoms with Crippen molar-refractivity contribution in [3.05, 3.63) is 59.2 Å². The van der Waals surface area contributed by atoms with Crippen molar-refractivity contribution in [3.63, 3.8) is 0 Å². The first-order valence-corrected chi connectivity index (χ1v) is 10.3. The van der Waals surface area contributed by atoms with Crippen molar-refractivity contribution in [1.29, 1.82) is 5.26 Å². The van der Waals surface area contributed by atoms with Crippen LogP contribution < -0.4 is 4.72 Å². The lowest BCUT2D eigenvalue weighted by atomic mass is 10.2. The number of aryl methyl sites for hydroxylation is 1. The van der Waals surface area contributed by atoms with Gasteiger partial charge < -0.3 is 4.57 Å². The number of alkyl halides is 3. The Bertz CT molecular complexity index is 1260. The number of hydrogen-bond donors (Lipinski definition) is 1. The molecule has 0 saturated heterocycles. The molecule has 1 atom stereocenters. The Hall–Kier alpha value is -2.97. The minimum absolute atomic E-state index is 0.220. The van der Waals surface area contributed by atoms with Gasteiger partial charge in [-0.2, -0.15) is 18.4 Å². The van der Waals surface area contributed by atoms with Crippen molar-refractivity contribution >= 4 is 21.1 Å². The maximum Gasteiger partial charge on any atom is 0.416 e. The summed E-state index contributed by atoms with van der Waals surface area (Å²) in [7, 11) is -4.15. The number of hydrogen-bond acceptors (Lipinski definition) is 4. The van der Waals surface area contributed by atoms with Crippen LogP contribution in [0.3, 0.4) is 0 Å². The van der Waals surface area contributed by atoms with Crippen LogP contribution in [-0.4, -0.2) is 18.0 Å². The molecule has 6 nitrogen and oxygen atoms in total. The summed E-state index contributed by atoms with van der Waals surface area (Å²) in [6.45, 7) is 3.45. The van der Waals surface area contributed by atoms with E-state index in [0.29, 0.717) is 5.52 Å². The van der Waals surface area contributed by atoms with Crippen molar-refractivity contribution < 1.29 is 26.0 Å². The van der Waals surface area contributed by atoms with Gasteiger partial charge in [-0.1, -0.05) is 0 Å². The molecule has 0 spiro atoms. The van der Waals surface area contributed by atoms with Gasteiger partial charge in [0.1, 0.15) is 17.7 Å². The summed E-state index contributed by atoms with van der Waals surface area (Å²) in [6, 6.07) is 6.57. The van der Waals surface area contributed by atoms with Crippen LogP contribution in [0.1, 0.15) is 36.8 Å². The van der Waals surface area contributed by atoms with Gasteiger partial charge >= 0.3 is 6.18 Å². The van der Waals surface area contributed by atoms with E-state index in [2.05, 4.69) is 9.71 Å². The van der Waals surface area contributed by atoms with Crippen LogP contribution in [0.25, 0.3) is 11.0 Å². The lowest BCUT2D eigenvalue weighted by Gasteiger charge is -2.16. The van der Waals surface area contributed by atoms with E-state index in [9.17, 15) is 26.0 Å². The Labute approximate surface area is 169 Å². The highest BCUT2D eigenvalue weighted by Crippen LogP contribution is 2.32. The normalized spacial score (nSPS) is 13.4. The highest BCUT2D eigenvalue weighted by Gasteiger charge is 2.31. The Balaban J connectivity index is 2.00. The Morgan fingerprint density at radius 2 is 1.93 bits per heavy atom. The Kier molecular flexibility index (Phi) is 5.58. The summed E-state index contributed by atoms with van der Waals surface area (Å²) in [6.07, 6.45) is -4.52. The molecular formula is C19H16F4N4O2S. The maximum absolute atomic E-state index is 13.5. The third kappa shape index (κ3) is 4.01. The van der Waals surface area contributed by atoms with Crippen LogP contribution in [-0.2, 0) is 22.7 Å². The fourth-order valence-electron chi connectivity index (χ4n) is 3.09. The van der Waals surface area contributed by atoms with Crippen molar-refractivity contribution in [1.82, 2.24) is 14.3 Å². The minimum Gasteiger partial charge on any atom is -0.327 e. The second kappa shape index (κ2) is 7.70. The molecule has 1 aromatic heterocycles. The molecule has 1 N–H and O–H groups in total. The van der Waals surface area contributed by atoms with Crippen molar-refractivity contribution in [2.24, 2.45) is 0 Å². The van der Waals surface area contributed by atoms with Crippen LogP contribution >= 0.6 is 0 Å². The number of rotatable bonds is 5. The first-order chi connectivity index (χ1) is 14.0. The number of nitriles is 1. The van der Waals surface area contributed by atoms with Crippen LogP contribution in [0.2, 0.25) is 0 Å².